The molecule has 1 aromatic carbocycles. The summed E-state index contributed by atoms with van der Waals surface area (Å²) in [5, 5.41) is 7.91. The summed E-state index contributed by atoms with van der Waals surface area (Å²) in [4.78, 5) is 32.1. The van der Waals surface area contributed by atoms with Crippen LogP contribution in [0.25, 0.3) is 11.0 Å². The normalized spacial score (nSPS) is 16.6. The summed E-state index contributed by atoms with van der Waals surface area (Å²) in [6.45, 7) is 5.65. The number of ketones is 1. The largest absolute Gasteiger partial charge is 0.339 e. The van der Waals surface area contributed by atoms with Gasteiger partial charge in [-0.3, -0.25) is 9.18 Å². The van der Waals surface area contributed by atoms with E-state index in [1.807, 2.05) is 38.1 Å². The minimum absolute atomic E-state index is 0.0311. The quantitative estimate of drug-likeness (QED) is 0.569. The molecular weight excluding hydrogens is 349 g/mol. The summed E-state index contributed by atoms with van der Waals surface area (Å²) >= 11 is 0. The van der Waals surface area contributed by atoms with E-state index >= 15 is 0 Å². The highest BCUT2D eigenvalue weighted by molar-refractivity contribution is 5.90. The number of allylic oxidation sites excluding steroid dienone is 2. The van der Waals surface area contributed by atoms with Crippen molar-refractivity contribution in [1.82, 2.24) is 15.2 Å². The van der Waals surface area contributed by atoms with Crippen LogP contribution in [0.1, 0.15) is 41.4 Å². The zero-order chi connectivity index (χ0) is 20.7. The average Bonchev–Trinajstić information content (AvgIpc) is 3.29. The number of alkyl halides is 1. The van der Waals surface area contributed by atoms with Crippen molar-refractivity contribution >= 4 is 22.8 Å². The van der Waals surface area contributed by atoms with Gasteiger partial charge >= 0.3 is 5.97 Å². The van der Waals surface area contributed by atoms with Crippen molar-refractivity contribution in [3.8, 4) is 0 Å². The first kappa shape index (κ1) is 19.2. The number of aromatic nitrogens is 3. The number of nitrogens with zero attached hydrogens (tertiary/aromatic N) is 3. The molecule has 6 nitrogen and oxygen atoms in total. The van der Waals surface area contributed by atoms with Gasteiger partial charge in [-0.1, -0.05) is 43.0 Å². The minimum Gasteiger partial charge on any atom is -0.317 e. The molecule has 1 aliphatic carbocycles. The molecule has 0 fully saturated rings. The van der Waals surface area contributed by atoms with E-state index in [4.69, 9.17) is 6.21 Å². The zero-order valence-corrected chi connectivity index (χ0v) is 15.9. The molecule has 0 radical (unpaired) electrons. The first-order valence-electron chi connectivity index (χ1n) is 9.60. The molecule has 0 aliphatic heterocycles. The Balaban J connectivity index is 0.000000878. The fourth-order valence-corrected chi connectivity index (χ4v) is 3.57. The van der Waals surface area contributed by atoms with Crippen LogP contribution in [-0.2, 0) is 9.59 Å². The number of rotatable bonds is 6. The molecule has 0 saturated heterocycles. The molecular formula is C20H26FN3O3. The maximum absolute atomic E-state index is 13.0. The fourth-order valence-electron chi connectivity index (χ4n) is 3.57. The fraction of sp³-hybridized carbons (Fsp3) is 0.500. The minimum atomic E-state index is -1.00. The van der Waals surface area contributed by atoms with Gasteiger partial charge in [0, 0.05) is 5.41 Å². The topological polar surface area (TPSA) is 74.1 Å². The smallest absolute Gasteiger partial charge is 0.317 e. The number of hydrogen-bond donors (Lipinski definition) is 0. The van der Waals surface area contributed by atoms with Crippen LogP contribution in [0.4, 0.5) is 4.39 Å². The molecule has 1 aliphatic rings. The van der Waals surface area contributed by atoms with E-state index in [2.05, 4.69) is 10.3 Å². The van der Waals surface area contributed by atoms with Gasteiger partial charge in [-0.2, -0.15) is 0 Å². The van der Waals surface area contributed by atoms with Crippen molar-refractivity contribution in [3.63, 3.8) is 0 Å². The number of hydrogen-bond acceptors (Lipinski definition) is 5. The highest BCUT2D eigenvalue weighted by atomic mass is 19.1. The van der Waals surface area contributed by atoms with Crippen molar-refractivity contribution < 1.29 is 20.2 Å². The Morgan fingerprint density at radius 2 is 1.96 bits per heavy atom. The Bertz CT molecular complexity index is 842. The number of halogens is 1. The molecule has 0 amide bonds. The lowest BCUT2D eigenvalue weighted by Crippen LogP contribution is -2.44. The van der Waals surface area contributed by atoms with Crippen molar-refractivity contribution in [2.24, 2.45) is 17.3 Å². The summed E-state index contributed by atoms with van der Waals surface area (Å²) in [7, 11) is -1.00. The van der Waals surface area contributed by atoms with E-state index in [-0.39, 0.29) is 11.7 Å². The van der Waals surface area contributed by atoms with Gasteiger partial charge in [-0.05, 0) is 49.5 Å². The lowest BCUT2D eigenvalue weighted by atomic mass is 9.68. The number of fused-ring (bicyclic) bond motifs is 1. The Labute approximate surface area is 159 Å². The summed E-state index contributed by atoms with van der Waals surface area (Å²) in [6.07, 6.45) is 5.70. The lowest BCUT2D eigenvalue weighted by molar-refractivity contribution is -0.159. The third-order valence-corrected chi connectivity index (χ3v) is 4.99. The Kier molecular flexibility index (Phi) is 6.32. The number of carbonyl (C=O) groups is 2. The molecule has 7 heteroatoms. The highest BCUT2D eigenvalue weighted by Gasteiger charge is 2.48. The van der Waals surface area contributed by atoms with Gasteiger partial charge in [0.15, 0.2) is 0 Å². The molecule has 1 heterocycles. The SMILES string of the molecule is CC(=O)C1([C@@H](CC(C)C)C(=O)On2nnc3ccccc32)CC=CC1.[2H]CF. The molecule has 0 bridgehead atoms. The third kappa shape index (κ3) is 4.23. The molecule has 3 rings (SSSR count). The van der Waals surface area contributed by atoms with E-state index in [0.717, 1.165) is 4.85 Å². The number of carbonyl (C=O) groups excluding carboxylic acids is 2. The summed E-state index contributed by atoms with van der Waals surface area (Å²) in [5.74, 6) is -0.642. The summed E-state index contributed by atoms with van der Waals surface area (Å²) in [5.41, 5.74) is 0.567. The van der Waals surface area contributed by atoms with Crippen molar-refractivity contribution in [3.05, 3.63) is 36.4 Å². The van der Waals surface area contributed by atoms with Crippen LogP contribution >= 0.6 is 0 Å². The van der Waals surface area contributed by atoms with Crippen molar-refractivity contribution in [2.45, 2.75) is 40.0 Å². The molecule has 1 aromatic heterocycles. The zero-order valence-electron chi connectivity index (χ0n) is 16.9. The Morgan fingerprint density at radius 3 is 2.56 bits per heavy atom. The standard InChI is InChI=1S/C19H23N3O3.CH3F/c1-13(2)12-15(19(14(3)23)10-6-7-11-19)18(24)25-22-17-9-5-4-8-16(17)20-21-22;1-2/h4-9,13,15H,10-12H2,1-3H3;1H3/t15-;/m0./s1/i;1D. The first-order chi connectivity index (χ1) is 13.4. The van der Waals surface area contributed by atoms with Crippen LogP contribution in [0.3, 0.4) is 0 Å². The van der Waals surface area contributed by atoms with Crippen molar-refractivity contribution in [2.75, 3.05) is 7.15 Å². The van der Waals surface area contributed by atoms with Crippen LogP contribution in [0.15, 0.2) is 36.4 Å². The molecule has 0 spiro atoms. The maximum Gasteiger partial charge on any atom is 0.339 e. The van der Waals surface area contributed by atoms with E-state index in [9.17, 15) is 14.0 Å². The predicted octanol–water partition coefficient (Wildman–Crippen LogP) is 3.56. The molecule has 2 aromatic rings. The second-order valence-corrected chi connectivity index (χ2v) is 7.14. The third-order valence-electron chi connectivity index (χ3n) is 4.99. The van der Waals surface area contributed by atoms with Gasteiger partial charge in [-0.25, -0.2) is 4.79 Å². The van der Waals surface area contributed by atoms with Crippen LogP contribution < -0.4 is 4.84 Å². The average molecular weight is 376 g/mol. The molecule has 0 N–H and O–H groups in total. The van der Waals surface area contributed by atoms with E-state index < -0.39 is 24.5 Å². The van der Waals surface area contributed by atoms with E-state index in [1.54, 1.807) is 19.1 Å². The maximum atomic E-state index is 13.0. The van der Waals surface area contributed by atoms with E-state index in [0.29, 0.717) is 30.3 Å². The second-order valence-electron chi connectivity index (χ2n) is 7.14. The lowest BCUT2D eigenvalue weighted by Gasteiger charge is -2.34. The van der Waals surface area contributed by atoms with Crippen LogP contribution in [-0.4, -0.2) is 34.1 Å². The Morgan fingerprint density at radius 1 is 1.33 bits per heavy atom. The van der Waals surface area contributed by atoms with Crippen molar-refractivity contribution in [1.29, 1.82) is 0 Å². The van der Waals surface area contributed by atoms with Gasteiger partial charge in [0.1, 0.15) is 16.8 Å². The van der Waals surface area contributed by atoms with E-state index in [1.165, 1.54) is 0 Å². The second kappa shape index (κ2) is 8.88. The molecule has 0 unspecified atom stereocenters. The van der Waals surface area contributed by atoms with Crippen LogP contribution in [0.5, 0.6) is 0 Å². The number of Topliss-reactive ketones (excluding diaryl/α,β-unsaturated/α-hetero) is 1. The summed E-state index contributed by atoms with van der Waals surface area (Å²) in [6, 6.07) is 7.27. The van der Waals surface area contributed by atoms with Gasteiger partial charge in [-0.15, -0.1) is 5.10 Å². The first-order valence-corrected chi connectivity index (χ1v) is 8.89. The summed E-state index contributed by atoms with van der Waals surface area (Å²) < 4.78 is 15.5. The molecule has 27 heavy (non-hydrogen) atoms. The van der Waals surface area contributed by atoms with Gasteiger partial charge in [0.25, 0.3) is 0 Å². The number of para-hydroxylation sites is 1. The number of benzene rings is 1. The van der Waals surface area contributed by atoms with Gasteiger partial charge in [0.05, 0.1) is 14.4 Å². The monoisotopic (exact) mass is 376 g/mol. The highest BCUT2D eigenvalue weighted by Crippen LogP contribution is 2.44. The Hall–Kier alpha value is -2.57. The van der Waals surface area contributed by atoms with Crippen LogP contribution in [0.2, 0.25) is 0 Å². The predicted molar refractivity (Wildman–Crippen MR) is 101 cm³/mol. The van der Waals surface area contributed by atoms with Crippen LogP contribution in [0, 0.1) is 17.3 Å². The van der Waals surface area contributed by atoms with Gasteiger partial charge in [0.2, 0.25) is 0 Å². The molecule has 1 atom stereocenters. The molecule has 0 saturated carbocycles. The van der Waals surface area contributed by atoms with Gasteiger partial charge < -0.3 is 4.84 Å². The molecule has 146 valence electrons.